The van der Waals surface area contributed by atoms with Gasteiger partial charge in [-0.2, -0.15) is 0 Å². The number of benzene rings is 8. The van der Waals surface area contributed by atoms with Crippen LogP contribution in [-0.2, 0) is 43.5 Å². The lowest BCUT2D eigenvalue weighted by Gasteiger charge is -2.18. The number of nitrogens with zero attached hydrogens (tertiary/aromatic N) is 2. The van der Waals surface area contributed by atoms with Crippen molar-refractivity contribution in [3.05, 3.63) is 201 Å². The Morgan fingerprint density at radius 3 is 0.947 bits per heavy atom. The molecular weight excluding hydrogens is 1240 g/mol. The minimum atomic E-state index is -2.24. The van der Waals surface area contributed by atoms with Crippen molar-refractivity contribution < 1.29 is 53.2 Å². The van der Waals surface area contributed by atoms with Crippen LogP contribution in [0.15, 0.2) is 121 Å². The second kappa shape index (κ2) is 32.1. The maximum Gasteiger partial charge on any atom is 0.175 e. The number of aromatic nitrogens is 2. The molecule has 0 radical (unpaired) electrons. The van der Waals surface area contributed by atoms with Crippen molar-refractivity contribution in [2.24, 2.45) is 11.8 Å². The van der Waals surface area contributed by atoms with Gasteiger partial charge in [0.25, 0.3) is 0 Å². The van der Waals surface area contributed by atoms with E-state index in [0.717, 1.165) is 130 Å². The number of halogens is 8. The van der Waals surface area contributed by atoms with E-state index < -0.39 is 85.5 Å². The Bertz CT molecular complexity index is 4010. The lowest BCUT2D eigenvalue weighted by molar-refractivity contribution is 0.268. The molecule has 0 aliphatic carbocycles. The summed E-state index contributed by atoms with van der Waals surface area (Å²) in [7, 11) is -2.22. The first-order valence-corrected chi connectivity index (χ1v) is 35.8. The van der Waals surface area contributed by atoms with Gasteiger partial charge in [0, 0.05) is 69.0 Å². The van der Waals surface area contributed by atoms with E-state index in [9.17, 15) is 0 Å². The molecule has 8 aromatic carbocycles. The normalized spacial score (nSPS) is 12.9. The van der Waals surface area contributed by atoms with Gasteiger partial charge in [-0.15, -0.1) is 0 Å². The summed E-state index contributed by atoms with van der Waals surface area (Å²) >= 11 is 0. The molecule has 2 unspecified atom stereocenters. The van der Waals surface area contributed by atoms with Gasteiger partial charge in [0.1, 0.15) is 0 Å². The Labute approximate surface area is 549 Å². The van der Waals surface area contributed by atoms with Crippen LogP contribution in [0.25, 0.3) is 101 Å². The number of unbranched alkanes of at least 4 members (excludes halogenated alkanes) is 2. The molecule has 94 heavy (non-hydrogen) atoms. The summed E-state index contributed by atoms with van der Waals surface area (Å²) in [5, 5.41) is 4.33. The Kier molecular flexibility index (Phi) is 23.9. The zero-order valence-corrected chi connectivity index (χ0v) is 56.6. The van der Waals surface area contributed by atoms with Gasteiger partial charge in [-0.05, 0) is 145 Å². The van der Waals surface area contributed by atoms with Gasteiger partial charge < -0.3 is 27.2 Å². The van der Waals surface area contributed by atoms with Crippen LogP contribution in [0.4, 0.5) is 35.1 Å². The molecular formula is C78H82F8N2O4P2. The van der Waals surface area contributed by atoms with E-state index in [1.54, 1.807) is 12.2 Å². The maximum atomic E-state index is 16.2. The van der Waals surface area contributed by atoms with Crippen molar-refractivity contribution in [3.8, 4) is 33.4 Å². The van der Waals surface area contributed by atoms with Gasteiger partial charge in [-0.3, -0.25) is 0 Å². The van der Waals surface area contributed by atoms with Crippen molar-refractivity contribution in [3.63, 3.8) is 0 Å². The summed E-state index contributed by atoms with van der Waals surface area (Å²) in [5.41, 5.74) is 2.70. The smallest absolute Gasteiger partial charge is 0.175 e. The van der Waals surface area contributed by atoms with E-state index in [1.165, 1.54) is 48.5 Å². The average Bonchev–Trinajstić information content (AvgIpc) is 0.860. The van der Waals surface area contributed by atoms with Crippen molar-refractivity contribution in [1.82, 2.24) is 9.13 Å². The topological polar surface area (TPSA) is 46.8 Å². The van der Waals surface area contributed by atoms with Crippen molar-refractivity contribution >= 4 is 84.7 Å². The van der Waals surface area contributed by atoms with E-state index in [4.69, 9.17) is 18.1 Å². The summed E-state index contributed by atoms with van der Waals surface area (Å²) in [6.45, 7) is 20.7. The van der Waals surface area contributed by atoms with Crippen molar-refractivity contribution in [2.45, 2.75) is 132 Å². The fraction of sp³-hybridized carbons (Fsp3) is 0.333. The highest BCUT2D eigenvalue weighted by Gasteiger charge is 2.35. The van der Waals surface area contributed by atoms with Crippen LogP contribution in [0.2, 0.25) is 0 Å². The quantitative estimate of drug-likeness (QED) is 0.0188. The van der Waals surface area contributed by atoms with Crippen LogP contribution in [0, 0.1) is 58.4 Å². The average molecular weight is 1330 g/mol. The minimum Gasteiger partial charge on any atom is -0.340 e. The third-order valence-corrected chi connectivity index (χ3v) is 21.1. The highest BCUT2D eigenvalue weighted by Crippen LogP contribution is 2.47. The molecule has 10 aromatic rings. The molecule has 0 amide bonds. The highest BCUT2D eigenvalue weighted by atomic mass is 31.2. The van der Waals surface area contributed by atoms with Gasteiger partial charge in [-0.25, -0.2) is 35.1 Å². The first kappa shape index (κ1) is 69.8. The van der Waals surface area contributed by atoms with Gasteiger partial charge in [0.15, 0.2) is 63.3 Å². The Balaban J connectivity index is 0.891. The SMILES string of the molecule is CCCCC(CC)Cn1c2ccc(/C=C/c3ccc(-c4c(F)c(F)c(-c5c(F)c(F)c(-c6ccc(/C=C/c7ccc8c(c7)c7cc(CP(OCC)OCC)ccc7n8CC(CC)CCCC)cc6)c(F)c5F)c(F)c4F)cc3)cc2c2cc(CP(OCC)OCC)ccc21. The van der Waals surface area contributed by atoms with E-state index >= 15 is 35.1 Å². The van der Waals surface area contributed by atoms with Crippen molar-refractivity contribution in [2.75, 3.05) is 26.4 Å². The molecule has 2 aromatic heterocycles. The van der Waals surface area contributed by atoms with Gasteiger partial charge in [0.05, 0.1) is 48.7 Å². The number of rotatable bonds is 31. The zero-order chi connectivity index (χ0) is 66.7. The molecule has 0 N–H and O–H groups in total. The third kappa shape index (κ3) is 15.1. The molecule has 0 saturated carbocycles. The Hall–Kier alpha value is -7.02. The lowest BCUT2D eigenvalue weighted by atomic mass is 9.93. The molecule has 10 rings (SSSR count). The molecule has 2 heterocycles. The van der Waals surface area contributed by atoms with Crippen LogP contribution < -0.4 is 0 Å². The molecule has 0 bridgehead atoms. The molecule has 0 spiro atoms. The van der Waals surface area contributed by atoms with Gasteiger partial charge in [-0.1, -0.05) is 163 Å². The van der Waals surface area contributed by atoms with E-state index in [-0.39, 0.29) is 11.1 Å². The second-order valence-electron chi connectivity index (χ2n) is 23.9. The third-order valence-electron chi connectivity index (χ3n) is 17.7. The summed E-state index contributed by atoms with van der Waals surface area (Å²) < 4.78 is 158. The highest BCUT2D eigenvalue weighted by molar-refractivity contribution is 7.46. The minimum absolute atomic E-state index is 0.307. The summed E-state index contributed by atoms with van der Waals surface area (Å²) in [6.07, 6.45) is 17.5. The van der Waals surface area contributed by atoms with Crippen LogP contribution in [0.5, 0.6) is 0 Å². The number of hydrogen-bond acceptors (Lipinski definition) is 4. The van der Waals surface area contributed by atoms with Gasteiger partial charge >= 0.3 is 0 Å². The van der Waals surface area contributed by atoms with Crippen LogP contribution in [0.3, 0.4) is 0 Å². The molecule has 494 valence electrons. The van der Waals surface area contributed by atoms with E-state index in [1.807, 2.05) is 52.0 Å². The fourth-order valence-electron chi connectivity index (χ4n) is 12.7. The molecule has 2 atom stereocenters. The van der Waals surface area contributed by atoms with Crippen LogP contribution in [-0.4, -0.2) is 35.6 Å². The lowest BCUT2D eigenvalue weighted by Crippen LogP contribution is -2.10. The first-order valence-electron chi connectivity index (χ1n) is 33.0. The largest absolute Gasteiger partial charge is 0.340 e. The van der Waals surface area contributed by atoms with Crippen LogP contribution in [0.1, 0.15) is 140 Å². The van der Waals surface area contributed by atoms with E-state index in [0.29, 0.717) is 61.7 Å². The predicted octanol–water partition coefficient (Wildman–Crippen LogP) is 24.6. The van der Waals surface area contributed by atoms with E-state index in [2.05, 4.69) is 97.5 Å². The maximum absolute atomic E-state index is 16.2. The molecule has 0 fully saturated rings. The number of fused-ring (bicyclic) bond motifs is 6. The Morgan fingerprint density at radius 1 is 0.351 bits per heavy atom. The van der Waals surface area contributed by atoms with Crippen molar-refractivity contribution in [1.29, 1.82) is 0 Å². The second-order valence-corrected chi connectivity index (χ2v) is 26.9. The molecule has 16 heteroatoms. The zero-order valence-electron chi connectivity index (χ0n) is 54.8. The fourth-order valence-corrected chi connectivity index (χ4v) is 15.4. The molecule has 0 saturated heterocycles. The monoisotopic (exact) mass is 1320 g/mol. The predicted molar refractivity (Wildman–Crippen MR) is 374 cm³/mol. The number of hydrogen-bond donors (Lipinski definition) is 0. The summed E-state index contributed by atoms with van der Waals surface area (Å²) in [6, 6.07) is 36.5. The summed E-state index contributed by atoms with van der Waals surface area (Å²) in [5.74, 6) is -16.0. The Morgan fingerprint density at radius 2 is 0.638 bits per heavy atom. The van der Waals surface area contributed by atoms with Crippen LogP contribution >= 0.6 is 16.8 Å². The van der Waals surface area contributed by atoms with Gasteiger partial charge in [0.2, 0.25) is 0 Å². The molecule has 6 nitrogen and oxygen atoms in total. The molecule has 0 aliphatic rings. The molecule has 0 aliphatic heterocycles. The first-order chi connectivity index (χ1) is 45.6. The summed E-state index contributed by atoms with van der Waals surface area (Å²) in [4.78, 5) is 0. The standard InChI is InChI=1S/C78H82F8N2O4P2/c1-9-17-19-49(11-3)45-87-63-37-29-53(41-59(63)61-43-55(31-39-65(61)87)47-93(89-13-5)90-14-6)23-21-51-25-33-57(34-26-51)67-71(79)75(83)69(76(84)72(67)80)70-77(85)73(81)68(74(82)78(70)86)58-35-27-52(28-36-58)22-24-54-30-38-64-60(42-54)62-44-56(48-94(91-15-7)92-16-8)32-40-66(62)88(64)46-50(12-4)20-18-10-2/h21-44,49-50H,9-20,45-48H2,1-8H3/b23-21+,24-22+.